The number of benzene rings is 2. The van der Waals surface area contributed by atoms with Crippen LogP contribution in [0.1, 0.15) is 18.9 Å². The van der Waals surface area contributed by atoms with Gasteiger partial charge in [0.15, 0.2) is 0 Å². The molecule has 1 amide bonds. The van der Waals surface area contributed by atoms with E-state index in [0.717, 1.165) is 24.6 Å². The Balaban J connectivity index is 1.79. The zero-order valence-corrected chi connectivity index (χ0v) is 15.1. The van der Waals surface area contributed by atoms with E-state index in [1.165, 1.54) is 24.3 Å². The van der Waals surface area contributed by atoms with Crippen molar-refractivity contribution in [2.45, 2.75) is 24.4 Å². The molecule has 2 N–H and O–H groups in total. The molecule has 2 unspecified atom stereocenters. The van der Waals surface area contributed by atoms with Gasteiger partial charge in [0.25, 0.3) is 10.0 Å². The highest BCUT2D eigenvalue weighted by molar-refractivity contribution is 7.92. The lowest BCUT2D eigenvalue weighted by Crippen LogP contribution is -2.16. The largest absolute Gasteiger partial charge is 0.416 e. The van der Waals surface area contributed by atoms with Gasteiger partial charge in [0.2, 0.25) is 5.91 Å². The number of carbonyl (C=O) groups is 1. The van der Waals surface area contributed by atoms with E-state index in [-0.39, 0.29) is 22.4 Å². The molecule has 1 aliphatic rings. The van der Waals surface area contributed by atoms with Gasteiger partial charge in [-0.25, -0.2) is 8.42 Å². The van der Waals surface area contributed by atoms with Crippen LogP contribution in [0.25, 0.3) is 0 Å². The van der Waals surface area contributed by atoms with E-state index in [4.69, 9.17) is 0 Å². The van der Waals surface area contributed by atoms with Gasteiger partial charge < -0.3 is 5.32 Å². The number of sulfonamides is 1. The first-order valence-electron chi connectivity index (χ1n) is 8.17. The maximum absolute atomic E-state index is 12.8. The fourth-order valence-corrected chi connectivity index (χ4v) is 3.73. The smallest absolute Gasteiger partial charge is 0.326 e. The zero-order chi connectivity index (χ0) is 19.8. The predicted octanol–water partition coefficient (Wildman–Crippen LogP) is 4.10. The number of nitrogens with one attached hydrogen (secondary N) is 2. The number of carbonyl (C=O) groups excluding carboxylic acids is 1. The Bertz CT molecular complexity index is 974. The number of anilines is 2. The Morgan fingerprint density at radius 1 is 1.07 bits per heavy atom. The van der Waals surface area contributed by atoms with Crippen molar-refractivity contribution in [3.63, 3.8) is 0 Å². The van der Waals surface area contributed by atoms with E-state index in [1.807, 2.05) is 6.92 Å². The second kappa shape index (κ2) is 6.88. The third-order valence-electron chi connectivity index (χ3n) is 4.30. The number of hydrogen-bond acceptors (Lipinski definition) is 3. The highest BCUT2D eigenvalue weighted by Crippen LogP contribution is 2.38. The van der Waals surface area contributed by atoms with Crippen LogP contribution < -0.4 is 10.0 Å². The van der Waals surface area contributed by atoms with Crippen LogP contribution in [0.15, 0.2) is 53.4 Å². The van der Waals surface area contributed by atoms with E-state index in [9.17, 15) is 26.4 Å². The van der Waals surface area contributed by atoms with Gasteiger partial charge in [-0.05, 0) is 48.7 Å². The molecule has 1 aliphatic carbocycles. The Labute approximate surface area is 154 Å². The summed E-state index contributed by atoms with van der Waals surface area (Å²) in [5, 5.41) is 2.66. The van der Waals surface area contributed by atoms with Crippen LogP contribution in [-0.4, -0.2) is 14.3 Å². The minimum atomic E-state index is -4.58. The van der Waals surface area contributed by atoms with Crippen molar-refractivity contribution in [2.75, 3.05) is 10.0 Å². The van der Waals surface area contributed by atoms with Crippen molar-refractivity contribution >= 4 is 27.3 Å². The summed E-state index contributed by atoms with van der Waals surface area (Å²) >= 11 is 0. The van der Waals surface area contributed by atoms with Gasteiger partial charge in [0.05, 0.1) is 10.5 Å². The minimum Gasteiger partial charge on any atom is -0.326 e. The molecule has 0 aromatic heterocycles. The fraction of sp³-hybridized carbons (Fsp3) is 0.278. The molecule has 144 valence electrons. The summed E-state index contributed by atoms with van der Waals surface area (Å²) in [5.41, 5.74) is -0.848. The fourth-order valence-electron chi connectivity index (χ4n) is 2.64. The zero-order valence-electron chi connectivity index (χ0n) is 14.2. The highest BCUT2D eigenvalue weighted by atomic mass is 32.2. The molecular weight excluding hydrogens is 381 g/mol. The van der Waals surface area contributed by atoms with E-state index in [1.54, 1.807) is 6.07 Å². The lowest BCUT2D eigenvalue weighted by molar-refractivity contribution is -0.137. The summed E-state index contributed by atoms with van der Waals surface area (Å²) in [6.07, 6.45) is -3.79. The number of halogens is 3. The third kappa shape index (κ3) is 4.60. The Morgan fingerprint density at radius 2 is 1.70 bits per heavy atom. The third-order valence-corrected chi connectivity index (χ3v) is 5.68. The van der Waals surface area contributed by atoms with Gasteiger partial charge in [-0.15, -0.1) is 0 Å². The molecule has 0 spiro atoms. The van der Waals surface area contributed by atoms with Crippen LogP contribution in [0.5, 0.6) is 0 Å². The molecule has 0 saturated heterocycles. The number of alkyl halides is 3. The van der Waals surface area contributed by atoms with Gasteiger partial charge in [-0.3, -0.25) is 9.52 Å². The molecule has 0 heterocycles. The Hall–Kier alpha value is -2.55. The van der Waals surface area contributed by atoms with Crippen molar-refractivity contribution in [3.05, 3.63) is 54.1 Å². The first-order chi connectivity index (χ1) is 12.6. The SMILES string of the molecule is CC1CC1C(=O)Nc1cccc(S(=O)(=O)Nc2cccc(C(F)(F)F)c2)c1. The number of amides is 1. The first-order valence-corrected chi connectivity index (χ1v) is 9.65. The lowest BCUT2D eigenvalue weighted by Gasteiger charge is -2.12. The normalized spacial score (nSPS) is 19.4. The molecule has 0 aliphatic heterocycles. The molecule has 0 radical (unpaired) electrons. The quantitative estimate of drug-likeness (QED) is 0.796. The van der Waals surface area contributed by atoms with Crippen molar-refractivity contribution in [3.8, 4) is 0 Å². The van der Waals surface area contributed by atoms with Gasteiger partial charge in [-0.1, -0.05) is 19.1 Å². The van der Waals surface area contributed by atoms with E-state index in [0.29, 0.717) is 11.6 Å². The van der Waals surface area contributed by atoms with Crippen LogP contribution in [0.2, 0.25) is 0 Å². The van der Waals surface area contributed by atoms with Crippen LogP contribution >= 0.6 is 0 Å². The first kappa shape index (κ1) is 19.2. The summed E-state index contributed by atoms with van der Waals surface area (Å²) in [6.45, 7) is 1.95. The molecule has 5 nitrogen and oxygen atoms in total. The maximum Gasteiger partial charge on any atom is 0.416 e. The molecule has 27 heavy (non-hydrogen) atoms. The second-order valence-electron chi connectivity index (χ2n) is 6.52. The van der Waals surface area contributed by atoms with Gasteiger partial charge in [-0.2, -0.15) is 13.2 Å². The van der Waals surface area contributed by atoms with Crippen molar-refractivity contribution in [1.29, 1.82) is 0 Å². The van der Waals surface area contributed by atoms with Crippen molar-refractivity contribution < 1.29 is 26.4 Å². The highest BCUT2D eigenvalue weighted by Gasteiger charge is 2.39. The van der Waals surface area contributed by atoms with E-state index in [2.05, 4.69) is 10.0 Å². The molecule has 1 fully saturated rings. The molecular formula is C18H17F3N2O3S. The summed E-state index contributed by atoms with van der Waals surface area (Å²) in [4.78, 5) is 11.8. The number of hydrogen-bond donors (Lipinski definition) is 2. The summed E-state index contributed by atoms with van der Waals surface area (Å²) < 4.78 is 65.5. The van der Waals surface area contributed by atoms with Crippen molar-refractivity contribution in [2.24, 2.45) is 11.8 Å². The average Bonchev–Trinajstić information content (AvgIpc) is 3.31. The molecule has 2 atom stereocenters. The predicted molar refractivity (Wildman–Crippen MR) is 94.6 cm³/mol. The topological polar surface area (TPSA) is 75.3 Å². The molecule has 9 heteroatoms. The van der Waals surface area contributed by atoms with Crippen LogP contribution in [0.3, 0.4) is 0 Å². The summed E-state index contributed by atoms with van der Waals surface area (Å²) in [6, 6.07) is 9.48. The molecule has 2 aromatic rings. The van der Waals surface area contributed by atoms with Crippen LogP contribution in [0, 0.1) is 11.8 Å². The Kier molecular flexibility index (Phi) is 4.90. The molecule has 1 saturated carbocycles. The van der Waals surface area contributed by atoms with Gasteiger partial charge >= 0.3 is 6.18 Å². The molecule has 3 rings (SSSR count). The lowest BCUT2D eigenvalue weighted by atomic mass is 10.2. The average molecular weight is 398 g/mol. The summed E-state index contributed by atoms with van der Waals surface area (Å²) in [7, 11) is -4.12. The van der Waals surface area contributed by atoms with E-state index >= 15 is 0 Å². The van der Waals surface area contributed by atoms with Crippen LogP contribution in [-0.2, 0) is 21.0 Å². The van der Waals surface area contributed by atoms with Gasteiger partial charge in [0.1, 0.15) is 0 Å². The van der Waals surface area contributed by atoms with Crippen molar-refractivity contribution in [1.82, 2.24) is 0 Å². The van der Waals surface area contributed by atoms with Gasteiger partial charge in [0, 0.05) is 17.3 Å². The number of rotatable bonds is 5. The molecule has 0 bridgehead atoms. The van der Waals surface area contributed by atoms with Crippen LogP contribution in [0.4, 0.5) is 24.5 Å². The monoisotopic (exact) mass is 398 g/mol. The molecule has 2 aromatic carbocycles. The van der Waals surface area contributed by atoms with E-state index < -0.39 is 21.8 Å². The minimum absolute atomic E-state index is 0.0755. The summed E-state index contributed by atoms with van der Waals surface area (Å²) in [5.74, 6) is 0.0517. The second-order valence-corrected chi connectivity index (χ2v) is 8.20. The maximum atomic E-state index is 12.8. The Morgan fingerprint density at radius 3 is 2.33 bits per heavy atom. The standard InChI is InChI=1S/C18H17F3N2O3S/c1-11-8-16(11)17(24)22-13-5-3-7-15(10-13)27(25,26)23-14-6-2-4-12(9-14)18(19,20)21/h2-7,9-11,16,23H,8H2,1H3,(H,22,24).